The molecule has 1 aromatic carbocycles. The Morgan fingerprint density at radius 2 is 1.36 bits per heavy atom. The van der Waals surface area contributed by atoms with E-state index < -0.39 is 0 Å². The van der Waals surface area contributed by atoms with Gasteiger partial charge in [-0.1, -0.05) is 52.0 Å². The molecule has 78 valence electrons. The summed E-state index contributed by atoms with van der Waals surface area (Å²) < 4.78 is 0. The molecule has 0 amide bonds. The first kappa shape index (κ1) is 11.3. The van der Waals surface area contributed by atoms with Crippen LogP contribution in [0.2, 0.25) is 0 Å². The van der Waals surface area contributed by atoms with E-state index in [1.807, 2.05) is 0 Å². The van der Waals surface area contributed by atoms with Crippen molar-refractivity contribution in [3.8, 4) is 0 Å². The Hall–Kier alpha value is -0.820. The fourth-order valence-corrected chi connectivity index (χ4v) is 1.50. The highest BCUT2D eigenvalue weighted by Crippen LogP contribution is 2.25. The van der Waals surface area contributed by atoms with Crippen molar-refractivity contribution in [2.24, 2.45) is 0 Å². The van der Waals surface area contributed by atoms with Crippen LogP contribution >= 0.6 is 0 Å². The summed E-state index contributed by atoms with van der Waals surface area (Å²) in [5, 5.41) is 3.31. The number of hydrogen-bond acceptors (Lipinski definition) is 1. The van der Waals surface area contributed by atoms with Crippen molar-refractivity contribution in [2.45, 2.75) is 46.2 Å². The molecule has 0 atom stereocenters. The highest BCUT2D eigenvalue weighted by Gasteiger charge is 2.12. The second-order valence-corrected chi connectivity index (χ2v) is 4.42. The predicted molar refractivity (Wildman–Crippen MR) is 62.7 cm³/mol. The fourth-order valence-electron chi connectivity index (χ4n) is 1.50. The summed E-state index contributed by atoms with van der Waals surface area (Å²) >= 11 is 0. The summed E-state index contributed by atoms with van der Waals surface area (Å²) in [5.74, 6) is 0. The van der Waals surface area contributed by atoms with Gasteiger partial charge in [0.2, 0.25) is 0 Å². The molecule has 0 saturated heterocycles. The highest BCUT2D eigenvalue weighted by molar-refractivity contribution is 5.44. The zero-order chi connectivity index (χ0) is 10.6. The lowest BCUT2D eigenvalue weighted by Crippen LogP contribution is -2.29. The number of benzene rings is 1. The van der Waals surface area contributed by atoms with E-state index >= 15 is 0 Å². The second-order valence-electron chi connectivity index (χ2n) is 4.42. The van der Waals surface area contributed by atoms with Gasteiger partial charge in [0.05, 0.1) is 0 Å². The van der Waals surface area contributed by atoms with E-state index in [4.69, 9.17) is 0 Å². The minimum atomic E-state index is 0.625. The van der Waals surface area contributed by atoms with Crippen LogP contribution in [0.3, 0.4) is 0 Å². The van der Waals surface area contributed by atoms with E-state index in [9.17, 15) is 0 Å². The molecule has 0 fully saturated rings. The average Bonchev–Trinajstić information content (AvgIpc) is 2.79. The number of hydrogen-bond donors (Lipinski definition) is 1. The summed E-state index contributed by atoms with van der Waals surface area (Å²) in [4.78, 5) is 0. The molecule has 0 spiro atoms. The van der Waals surface area contributed by atoms with Crippen LogP contribution in [0, 0.1) is 0 Å². The Labute approximate surface area is 87.5 Å². The summed E-state index contributed by atoms with van der Waals surface area (Å²) in [6.07, 6.45) is 1.24. The van der Waals surface area contributed by atoms with E-state index in [0.717, 1.165) is 0 Å². The second kappa shape index (κ2) is 5.16. The number of fused-ring (bicyclic) bond motifs is 1. The lowest BCUT2D eigenvalue weighted by atomic mass is 10.3. The third-order valence-electron chi connectivity index (χ3n) is 2.04. The van der Waals surface area contributed by atoms with Crippen molar-refractivity contribution >= 4 is 0 Å². The van der Waals surface area contributed by atoms with Crippen LogP contribution in [-0.2, 0) is 6.42 Å². The topological polar surface area (TPSA) is 12.0 Å². The maximum Gasteiger partial charge on any atom is 0.00127 e. The Morgan fingerprint density at radius 3 is 1.57 bits per heavy atom. The lowest BCUT2D eigenvalue weighted by Gasteiger charge is -2.10. The van der Waals surface area contributed by atoms with E-state index in [-0.39, 0.29) is 0 Å². The van der Waals surface area contributed by atoms with Crippen molar-refractivity contribution in [3.05, 3.63) is 35.4 Å². The van der Waals surface area contributed by atoms with Gasteiger partial charge in [0.15, 0.2) is 0 Å². The molecule has 0 bridgehead atoms. The van der Waals surface area contributed by atoms with Crippen LogP contribution in [0.4, 0.5) is 0 Å². The summed E-state index contributed by atoms with van der Waals surface area (Å²) in [6, 6.07) is 9.78. The van der Waals surface area contributed by atoms with Gasteiger partial charge in [0.25, 0.3) is 0 Å². The van der Waals surface area contributed by atoms with Crippen molar-refractivity contribution in [3.63, 3.8) is 0 Å². The first-order chi connectivity index (χ1) is 6.59. The van der Waals surface area contributed by atoms with Crippen LogP contribution < -0.4 is 5.32 Å². The molecule has 1 N–H and O–H groups in total. The molecule has 0 heterocycles. The summed E-state index contributed by atoms with van der Waals surface area (Å²) in [6.45, 7) is 8.61. The first-order valence-electron chi connectivity index (χ1n) is 5.42. The third-order valence-corrected chi connectivity index (χ3v) is 2.04. The highest BCUT2D eigenvalue weighted by atomic mass is 14.9. The fraction of sp³-hybridized carbons (Fsp3) is 0.538. The predicted octanol–water partition coefficient (Wildman–Crippen LogP) is 2.98. The van der Waals surface area contributed by atoms with E-state index in [0.29, 0.717) is 12.1 Å². The summed E-state index contributed by atoms with van der Waals surface area (Å²) in [5.41, 5.74) is 3.06. The minimum Gasteiger partial charge on any atom is -0.312 e. The molecule has 0 aromatic heterocycles. The van der Waals surface area contributed by atoms with Gasteiger partial charge in [0, 0.05) is 12.1 Å². The van der Waals surface area contributed by atoms with Gasteiger partial charge in [0.1, 0.15) is 0 Å². The van der Waals surface area contributed by atoms with Crippen molar-refractivity contribution in [2.75, 3.05) is 0 Å². The Balaban J connectivity index is 0.000000140. The van der Waals surface area contributed by atoms with Gasteiger partial charge in [-0.25, -0.2) is 0 Å². The van der Waals surface area contributed by atoms with Gasteiger partial charge >= 0.3 is 0 Å². The van der Waals surface area contributed by atoms with Crippen molar-refractivity contribution < 1.29 is 0 Å². The van der Waals surface area contributed by atoms with Crippen LogP contribution in [0.25, 0.3) is 0 Å². The van der Waals surface area contributed by atoms with Gasteiger partial charge in [-0.05, 0) is 17.5 Å². The zero-order valence-electron chi connectivity index (χ0n) is 9.67. The van der Waals surface area contributed by atoms with Gasteiger partial charge in [-0.15, -0.1) is 0 Å². The molecular weight excluding hydrogens is 170 g/mol. The zero-order valence-corrected chi connectivity index (χ0v) is 9.67. The smallest absolute Gasteiger partial charge is 0.00127 e. The molecule has 1 nitrogen and oxygen atoms in total. The quantitative estimate of drug-likeness (QED) is 0.769. The Morgan fingerprint density at radius 1 is 0.929 bits per heavy atom. The van der Waals surface area contributed by atoms with Crippen LogP contribution in [0.5, 0.6) is 0 Å². The normalized spacial score (nSPS) is 12.1. The summed E-state index contributed by atoms with van der Waals surface area (Å²) in [7, 11) is 0. The molecule has 0 saturated carbocycles. The van der Waals surface area contributed by atoms with E-state index in [1.165, 1.54) is 17.5 Å². The molecule has 0 unspecified atom stereocenters. The molecule has 1 heteroatoms. The number of nitrogens with one attached hydrogen (secondary N) is 1. The molecule has 2 rings (SSSR count). The van der Waals surface area contributed by atoms with Gasteiger partial charge in [-0.2, -0.15) is 0 Å². The standard InChI is InChI=1S/C7H6.C6H15N/c1-2-4-7-5-6(7)3-1;1-5(2)7-6(3)4/h1-4H,5H2;5-7H,1-4H3. The molecule has 1 aliphatic rings. The minimum absolute atomic E-state index is 0.625. The number of rotatable bonds is 2. The maximum atomic E-state index is 3.31. The van der Waals surface area contributed by atoms with Crippen molar-refractivity contribution in [1.82, 2.24) is 5.32 Å². The third kappa shape index (κ3) is 4.43. The molecule has 14 heavy (non-hydrogen) atoms. The Kier molecular flexibility index (Phi) is 4.15. The van der Waals surface area contributed by atoms with E-state index in [2.05, 4.69) is 57.3 Å². The molecule has 0 radical (unpaired) electrons. The van der Waals surface area contributed by atoms with Crippen LogP contribution in [-0.4, -0.2) is 12.1 Å². The van der Waals surface area contributed by atoms with Crippen LogP contribution in [0.1, 0.15) is 38.8 Å². The van der Waals surface area contributed by atoms with Crippen molar-refractivity contribution in [1.29, 1.82) is 0 Å². The van der Waals surface area contributed by atoms with E-state index in [1.54, 1.807) is 0 Å². The molecule has 1 aliphatic carbocycles. The first-order valence-corrected chi connectivity index (χ1v) is 5.42. The SMILES string of the molecule is CC(C)NC(C)C.c1ccc2c(c1)C2. The van der Waals surface area contributed by atoms with Gasteiger partial charge < -0.3 is 5.32 Å². The molecule has 0 aliphatic heterocycles. The Bertz CT molecular complexity index is 249. The van der Waals surface area contributed by atoms with Gasteiger partial charge in [-0.3, -0.25) is 0 Å². The van der Waals surface area contributed by atoms with Crippen LogP contribution in [0.15, 0.2) is 24.3 Å². The molecular formula is C13H21N. The average molecular weight is 191 g/mol. The lowest BCUT2D eigenvalue weighted by molar-refractivity contribution is 0.518. The monoisotopic (exact) mass is 191 g/mol. The maximum absolute atomic E-state index is 3.31. The largest absolute Gasteiger partial charge is 0.312 e. The molecule has 1 aromatic rings.